The number of aromatic nitrogens is 2. The highest BCUT2D eigenvalue weighted by Gasteiger charge is 2.23. The van der Waals surface area contributed by atoms with Gasteiger partial charge in [-0.15, -0.1) is 0 Å². The largest absolute Gasteiger partial charge is 0.391 e. The predicted octanol–water partition coefficient (Wildman–Crippen LogP) is 1.72. The Bertz CT molecular complexity index is 417. The Balaban J connectivity index is 1.95. The van der Waals surface area contributed by atoms with Gasteiger partial charge in [0.1, 0.15) is 5.69 Å². The van der Waals surface area contributed by atoms with Crippen LogP contribution in [-0.4, -0.2) is 32.9 Å². The minimum Gasteiger partial charge on any atom is -0.391 e. The monoisotopic (exact) mass is 265 g/mol. The van der Waals surface area contributed by atoms with Crippen LogP contribution in [0.15, 0.2) is 12.3 Å². The van der Waals surface area contributed by atoms with Crippen molar-refractivity contribution in [2.24, 2.45) is 0 Å². The van der Waals surface area contributed by atoms with Gasteiger partial charge in [0.2, 0.25) is 0 Å². The van der Waals surface area contributed by atoms with E-state index in [0.717, 1.165) is 32.2 Å². The van der Waals surface area contributed by atoms with Crippen molar-refractivity contribution in [3.8, 4) is 0 Å². The lowest BCUT2D eigenvalue weighted by Crippen LogP contribution is -2.44. The molecule has 2 N–H and O–H groups in total. The van der Waals surface area contributed by atoms with Gasteiger partial charge in [0, 0.05) is 12.7 Å². The number of amides is 1. The molecule has 19 heavy (non-hydrogen) atoms. The molecular weight excluding hydrogens is 242 g/mol. The van der Waals surface area contributed by atoms with E-state index in [0.29, 0.717) is 5.69 Å². The Morgan fingerprint density at radius 1 is 1.42 bits per heavy atom. The first-order valence-corrected chi connectivity index (χ1v) is 7.23. The van der Waals surface area contributed by atoms with E-state index >= 15 is 0 Å². The van der Waals surface area contributed by atoms with Crippen LogP contribution in [0.25, 0.3) is 0 Å². The van der Waals surface area contributed by atoms with Gasteiger partial charge in [-0.2, -0.15) is 5.10 Å². The van der Waals surface area contributed by atoms with Gasteiger partial charge >= 0.3 is 0 Å². The molecule has 0 aromatic carbocycles. The van der Waals surface area contributed by atoms with Crippen molar-refractivity contribution in [2.45, 2.75) is 64.1 Å². The fraction of sp³-hybridized carbons (Fsp3) is 0.714. The highest BCUT2D eigenvalue weighted by molar-refractivity contribution is 5.92. The molecule has 1 aromatic rings. The third-order valence-electron chi connectivity index (χ3n) is 3.74. The standard InChI is InChI=1S/C14H23N3O2/c1-2-17-10-9-12(16-17)14(19)15-11-7-5-3-4-6-8-13(11)18/h9-11,13,18H,2-8H2,1H3,(H,15,19)/t11-,13-/m0/s1. The fourth-order valence-electron chi connectivity index (χ4n) is 2.53. The zero-order chi connectivity index (χ0) is 13.7. The summed E-state index contributed by atoms with van der Waals surface area (Å²) >= 11 is 0. The SMILES string of the molecule is CCn1ccc(C(=O)N[C@H]2CCCCCC[C@@H]2O)n1. The molecule has 0 unspecified atom stereocenters. The van der Waals surface area contributed by atoms with Crippen LogP contribution in [0, 0.1) is 0 Å². The number of hydrogen-bond acceptors (Lipinski definition) is 3. The molecule has 0 aliphatic heterocycles. The minimum absolute atomic E-state index is 0.139. The fourth-order valence-corrected chi connectivity index (χ4v) is 2.53. The maximum Gasteiger partial charge on any atom is 0.272 e. The quantitative estimate of drug-likeness (QED) is 0.874. The third kappa shape index (κ3) is 3.80. The van der Waals surface area contributed by atoms with Gasteiger partial charge in [-0.3, -0.25) is 9.48 Å². The lowest BCUT2D eigenvalue weighted by molar-refractivity contribution is 0.0766. The van der Waals surface area contributed by atoms with Crippen LogP contribution in [0.1, 0.15) is 55.9 Å². The summed E-state index contributed by atoms with van der Waals surface area (Å²) in [6.45, 7) is 2.73. The number of aliphatic hydroxyl groups is 1. The molecule has 1 heterocycles. The molecule has 1 aliphatic carbocycles. The molecule has 2 atom stereocenters. The van der Waals surface area contributed by atoms with E-state index < -0.39 is 6.10 Å². The molecule has 0 saturated heterocycles. The number of hydrogen-bond donors (Lipinski definition) is 2. The Morgan fingerprint density at radius 3 is 2.84 bits per heavy atom. The van der Waals surface area contributed by atoms with Crippen molar-refractivity contribution in [1.82, 2.24) is 15.1 Å². The number of nitrogens with zero attached hydrogens (tertiary/aromatic N) is 2. The average Bonchev–Trinajstić information content (AvgIpc) is 2.87. The molecule has 0 bridgehead atoms. The molecule has 106 valence electrons. The molecule has 0 spiro atoms. The number of aryl methyl sites for hydroxylation is 1. The van der Waals surface area contributed by atoms with Crippen LogP contribution >= 0.6 is 0 Å². The highest BCUT2D eigenvalue weighted by Crippen LogP contribution is 2.18. The zero-order valence-electron chi connectivity index (χ0n) is 11.5. The van der Waals surface area contributed by atoms with Crippen molar-refractivity contribution in [3.05, 3.63) is 18.0 Å². The van der Waals surface area contributed by atoms with Crippen LogP contribution in [0.2, 0.25) is 0 Å². The van der Waals surface area contributed by atoms with Crippen LogP contribution in [0.5, 0.6) is 0 Å². The molecule has 5 heteroatoms. The summed E-state index contributed by atoms with van der Waals surface area (Å²) in [5.41, 5.74) is 0.427. The molecule has 2 rings (SSSR count). The van der Waals surface area contributed by atoms with Gasteiger partial charge in [-0.05, 0) is 25.8 Å². The van der Waals surface area contributed by atoms with Crippen molar-refractivity contribution in [3.63, 3.8) is 0 Å². The van der Waals surface area contributed by atoms with Crippen molar-refractivity contribution in [1.29, 1.82) is 0 Å². The summed E-state index contributed by atoms with van der Waals surface area (Å²) in [5.74, 6) is -0.183. The second-order valence-electron chi connectivity index (χ2n) is 5.20. The molecule has 1 fully saturated rings. The molecular formula is C14H23N3O2. The van der Waals surface area contributed by atoms with Gasteiger partial charge in [0.05, 0.1) is 12.1 Å². The molecule has 1 amide bonds. The predicted molar refractivity (Wildman–Crippen MR) is 72.9 cm³/mol. The Morgan fingerprint density at radius 2 is 2.16 bits per heavy atom. The summed E-state index contributed by atoms with van der Waals surface area (Å²) < 4.78 is 1.73. The summed E-state index contributed by atoms with van der Waals surface area (Å²) in [7, 11) is 0. The van der Waals surface area contributed by atoms with Crippen molar-refractivity contribution in [2.75, 3.05) is 0 Å². The van der Waals surface area contributed by atoms with E-state index in [2.05, 4.69) is 10.4 Å². The van der Waals surface area contributed by atoms with E-state index in [1.54, 1.807) is 16.9 Å². The lowest BCUT2D eigenvalue weighted by Gasteiger charge is -2.25. The number of aliphatic hydroxyl groups excluding tert-OH is 1. The van der Waals surface area contributed by atoms with Gasteiger partial charge in [0.15, 0.2) is 0 Å². The number of rotatable bonds is 3. The zero-order valence-corrected chi connectivity index (χ0v) is 11.5. The average molecular weight is 265 g/mol. The van der Waals surface area contributed by atoms with Crippen molar-refractivity contribution >= 4 is 5.91 Å². The Kier molecular flexibility index (Phi) is 4.96. The first kappa shape index (κ1) is 14.1. The molecule has 1 aliphatic rings. The smallest absolute Gasteiger partial charge is 0.272 e. The van der Waals surface area contributed by atoms with Gasteiger partial charge in [-0.1, -0.05) is 25.7 Å². The topological polar surface area (TPSA) is 67.2 Å². The first-order chi connectivity index (χ1) is 9.20. The van der Waals surface area contributed by atoms with E-state index in [1.165, 1.54) is 12.8 Å². The van der Waals surface area contributed by atoms with Crippen LogP contribution in [-0.2, 0) is 6.54 Å². The van der Waals surface area contributed by atoms with Crippen molar-refractivity contribution < 1.29 is 9.90 Å². The van der Waals surface area contributed by atoms with Gasteiger partial charge in [0.25, 0.3) is 5.91 Å². The first-order valence-electron chi connectivity index (χ1n) is 7.23. The second-order valence-corrected chi connectivity index (χ2v) is 5.20. The van der Waals surface area contributed by atoms with Gasteiger partial charge < -0.3 is 10.4 Å². The number of carbonyl (C=O) groups is 1. The Labute approximate surface area is 114 Å². The maximum absolute atomic E-state index is 12.1. The van der Waals surface area contributed by atoms with Gasteiger partial charge in [-0.25, -0.2) is 0 Å². The van der Waals surface area contributed by atoms with E-state index in [9.17, 15) is 9.90 Å². The van der Waals surface area contributed by atoms with E-state index in [-0.39, 0.29) is 11.9 Å². The summed E-state index contributed by atoms with van der Waals surface area (Å²) in [4.78, 5) is 12.1. The molecule has 1 aromatic heterocycles. The molecule has 5 nitrogen and oxygen atoms in total. The second kappa shape index (κ2) is 6.70. The summed E-state index contributed by atoms with van der Waals surface area (Å²) in [6.07, 6.45) is 7.45. The third-order valence-corrected chi connectivity index (χ3v) is 3.74. The summed E-state index contributed by atoms with van der Waals surface area (Å²) in [6, 6.07) is 1.58. The highest BCUT2D eigenvalue weighted by atomic mass is 16.3. The van der Waals surface area contributed by atoms with E-state index in [4.69, 9.17) is 0 Å². The lowest BCUT2D eigenvalue weighted by atomic mass is 9.94. The van der Waals surface area contributed by atoms with Crippen LogP contribution in [0.3, 0.4) is 0 Å². The number of nitrogens with one attached hydrogen (secondary N) is 1. The maximum atomic E-state index is 12.1. The normalized spacial score (nSPS) is 24.5. The summed E-state index contributed by atoms with van der Waals surface area (Å²) in [5, 5.41) is 17.2. The van der Waals surface area contributed by atoms with Crippen LogP contribution in [0.4, 0.5) is 0 Å². The number of carbonyl (C=O) groups excluding carboxylic acids is 1. The minimum atomic E-state index is -0.433. The van der Waals surface area contributed by atoms with Crippen LogP contribution < -0.4 is 5.32 Å². The molecule has 0 radical (unpaired) electrons. The van der Waals surface area contributed by atoms with E-state index in [1.807, 2.05) is 6.92 Å². The Hall–Kier alpha value is -1.36. The molecule has 1 saturated carbocycles.